The summed E-state index contributed by atoms with van der Waals surface area (Å²) in [7, 11) is -0.804. The molecule has 2 rings (SSSR count). The van der Waals surface area contributed by atoms with Crippen LogP contribution in [-0.2, 0) is 27.8 Å². The molecule has 1 aromatic carbocycles. The van der Waals surface area contributed by atoms with E-state index in [1.54, 1.807) is 6.26 Å². The smallest absolute Gasteiger partial charge is 0.191 e. The number of nitrogens with zero attached hydrogens (tertiary/aromatic N) is 2. The largest absolute Gasteiger partial charge is 0.378 e. The molecule has 2 N–H and O–H groups in total. The zero-order valence-corrected chi connectivity index (χ0v) is 12.6. The molecular weight excluding hydrogens is 274 g/mol. The lowest BCUT2D eigenvalue weighted by Gasteiger charge is -2.27. The van der Waals surface area contributed by atoms with Crippen molar-refractivity contribution >= 4 is 16.8 Å². The highest BCUT2D eigenvalue weighted by Crippen LogP contribution is 2.08. The molecule has 0 aromatic heterocycles. The van der Waals surface area contributed by atoms with Gasteiger partial charge in [0.1, 0.15) is 0 Å². The third kappa shape index (κ3) is 4.61. The molecule has 1 heterocycles. The SMILES string of the molecule is CS(=O)Cc1ccc(CN=C(N)N2CCOCC2)cc1. The van der Waals surface area contributed by atoms with Gasteiger partial charge in [0.15, 0.2) is 5.96 Å². The highest BCUT2D eigenvalue weighted by molar-refractivity contribution is 7.83. The predicted molar refractivity (Wildman–Crippen MR) is 81.9 cm³/mol. The van der Waals surface area contributed by atoms with Crippen molar-refractivity contribution in [3.63, 3.8) is 0 Å². The Kier molecular flexibility index (Phi) is 5.55. The molecule has 20 heavy (non-hydrogen) atoms. The maximum Gasteiger partial charge on any atom is 0.191 e. The van der Waals surface area contributed by atoms with Crippen LogP contribution in [0.1, 0.15) is 11.1 Å². The second-order valence-electron chi connectivity index (χ2n) is 4.81. The molecule has 1 aliphatic rings. The Hall–Kier alpha value is -1.40. The molecule has 1 aliphatic heterocycles. The Labute approximate surface area is 122 Å². The van der Waals surface area contributed by atoms with Crippen molar-refractivity contribution in [3.8, 4) is 0 Å². The first-order valence-electron chi connectivity index (χ1n) is 6.65. The monoisotopic (exact) mass is 295 g/mol. The number of aliphatic imine (C=N–C) groups is 1. The van der Waals surface area contributed by atoms with Crippen LogP contribution in [0.4, 0.5) is 0 Å². The highest BCUT2D eigenvalue weighted by atomic mass is 32.2. The molecule has 0 radical (unpaired) electrons. The number of hydrogen-bond donors (Lipinski definition) is 1. The normalized spacial score (nSPS) is 18.1. The molecule has 1 saturated heterocycles. The van der Waals surface area contributed by atoms with Crippen molar-refractivity contribution in [2.45, 2.75) is 12.3 Å². The Balaban J connectivity index is 1.90. The Bertz CT molecular complexity index is 482. The van der Waals surface area contributed by atoms with Gasteiger partial charge in [-0.2, -0.15) is 0 Å². The van der Waals surface area contributed by atoms with Gasteiger partial charge in [-0.05, 0) is 11.1 Å². The summed E-state index contributed by atoms with van der Waals surface area (Å²) in [6.07, 6.45) is 1.71. The summed E-state index contributed by atoms with van der Waals surface area (Å²) in [6, 6.07) is 8.02. The molecule has 0 aliphatic carbocycles. The summed E-state index contributed by atoms with van der Waals surface area (Å²) >= 11 is 0. The fourth-order valence-corrected chi connectivity index (χ4v) is 2.70. The van der Waals surface area contributed by atoms with E-state index in [0.29, 0.717) is 31.5 Å². The molecule has 0 spiro atoms. The molecular formula is C14H21N3O2S. The molecule has 1 aromatic rings. The summed E-state index contributed by atoms with van der Waals surface area (Å²) in [5, 5.41) is 0. The van der Waals surface area contributed by atoms with E-state index in [4.69, 9.17) is 10.5 Å². The van der Waals surface area contributed by atoms with E-state index in [1.807, 2.05) is 29.2 Å². The second kappa shape index (κ2) is 7.40. The fourth-order valence-electron chi connectivity index (χ4n) is 2.04. The third-order valence-corrected chi connectivity index (χ3v) is 3.89. The molecule has 6 heteroatoms. The van der Waals surface area contributed by atoms with Crippen LogP contribution in [0.3, 0.4) is 0 Å². The molecule has 1 fully saturated rings. The number of ether oxygens (including phenoxy) is 1. The van der Waals surface area contributed by atoms with Gasteiger partial charge in [-0.25, -0.2) is 4.99 Å². The Morgan fingerprint density at radius 2 is 1.90 bits per heavy atom. The number of hydrogen-bond acceptors (Lipinski definition) is 3. The van der Waals surface area contributed by atoms with Crippen LogP contribution in [0.2, 0.25) is 0 Å². The lowest BCUT2D eigenvalue weighted by molar-refractivity contribution is 0.0674. The maximum absolute atomic E-state index is 11.1. The lowest BCUT2D eigenvalue weighted by Crippen LogP contribution is -2.44. The maximum atomic E-state index is 11.1. The van der Waals surface area contributed by atoms with Crippen molar-refractivity contribution in [2.24, 2.45) is 10.7 Å². The van der Waals surface area contributed by atoms with Crippen LogP contribution in [0.15, 0.2) is 29.3 Å². The van der Waals surface area contributed by atoms with Gasteiger partial charge in [0.25, 0.3) is 0 Å². The molecule has 1 atom stereocenters. The molecule has 0 saturated carbocycles. The second-order valence-corrected chi connectivity index (χ2v) is 6.24. The number of rotatable bonds is 4. The Morgan fingerprint density at radius 1 is 1.30 bits per heavy atom. The van der Waals surface area contributed by atoms with Crippen LogP contribution in [0.5, 0.6) is 0 Å². The van der Waals surface area contributed by atoms with Crippen LogP contribution in [0.25, 0.3) is 0 Å². The van der Waals surface area contributed by atoms with Crippen molar-refractivity contribution in [3.05, 3.63) is 35.4 Å². The van der Waals surface area contributed by atoms with Crippen molar-refractivity contribution < 1.29 is 8.95 Å². The van der Waals surface area contributed by atoms with E-state index in [-0.39, 0.29) is 0 Å². The Morgan fingerprint density at radius 3 is 2.50 bits per heavy atom. The minimum Gasteiger partial charge on any atom is -0.378 e. The van der Waals surface area contributed by atoms with E-state index < -0.39 is 10.8 Å². The zero-order valence-electron chi connectivity index (χ0n) is 11.7. The first-order chi connectivity index (χ1) is 9.65. The molecule has 0 bridgehead atoms. The molecule has 0 amide bonds. The van der Waals surface area contributed by atoms with Gasteiger partial charge < -0.3 is 15.4 Å². The van der Waals surface area contributed by atoms with Gasteiger partial charge >= 0.3 is 0 Å². The van der Waals surface area contributed by atoms with Crippen LogP contribution in [0, 0.1) is 0 Å². The summed E-state index contributed by atoms with van der Waals surface area (Å²) < 4.78 is 16.4. The molecule has 1 unspecified atom stereocenters. The van der Waals surface area contributed by atoms with Crippen molar-refractivity contribution in [1.29, 1.82) is 0 Å². The fraction of sp³-hybridized carbons (Fsp3) is 0.500. The first-order valence-corrected chi connectivity index (χ1v) is 8.38. The van der Waals surface area contributed by atoms with E-state index in [9.17, 15) is 4.21 Å². The van der Waals surface area contributed by atoms with Gasteiger partial charge in [-0.3, -0.25) is 4.21 Å². The first kappa shape index (κ1) is 15.0. The zero-order chi connectivity index (χ0) is 14.4. The quantitative estimate of drug-likeness (QED) is 0.656. The van der Waals surface area contributed by atoms with E-state index in [0.717, 1.165) is 24.2 Å². The van der Waals surface area contributed by atoms with Gasteiger partial charge in [0.2, 0.25) is 0 Å². The number of morpholine rings is 1. The van der Waals surface area contributed by atoms with Crippen molar-refractivity contribution in [1.82, 2.24) is 4.90 Å². The number of benzene rings is 1. The van der Waals surface area contributed by atoms with Gasteiger partial charge in [0.05, 0.1) is 19.8 Å². The summed E-state index contributed by atoms with van der Waals surface area (Å²) in [5.74, 6) is 1.17. The summed E-state index contributed by atoms with van der Waals surface area (Å²) in [6.45, 7) is 3.59. The van der Waals surface area contributed by atoms with E-state index in [2.05, 4.69) is 4.99 Å². The average molecular weight is 295 g/mol. The summed E-state index contributed by atoms with van der Waals surface area (Å²) in [5.41, 5.74) is 8.16. The standard InChI is InChI=1S/C14H21N3O2S/c1-20(18)11-13-4-2-12(3-5-13)10-16-14(15)17-6-8-19-9-7-17/h2-5H,6-11H2,1H3,(H2,15,16). The van der Waals surface area contributed by atoms with Gasteiger partial charge in [-0.1, -0.05) is 24.3 Å². The van der Waals surface area contributed by atoms with E-state index >= 15 is 0 Å². The number of guanidine groups is 1. The van der Waals surface area contributed by atoms with Crippen molar-refractivity contribution in [2.75, 3.05) is 32.6 Å². The van der Waals surface area contributed by atoms with Crippen LogP contribution in [-0.4, -0.2) is 47.6 Å². The minimum absolute atomic E-state index is 0.568. The summed E-state index contributed by atoms with van der Waals surface area (Å²) in [4.78, 5) is 6.45. The van der Waals surface area contributed by atoms with Crippen LogP contribution < -0.4 is 5.73 Å². The predicted octanol–water partition coefficient (Wildman–Crippen LogP) is 0.712. The molecule has 110 valence electrons. The lowest BCUT2D eigenvalue weighted by atomic mass is 10.1. The van der Waals surface area contributed by atoms with E-state index in [1.165, 1.54) is 0 Å². The van der Waals surface area contributed by atoms with Gasteiger partial charge in [-0.15, -0.1) is 0 Å². The molecule has 5 nitrogen and oxygen atoms in total. The third-order valence-electron chi connectivity index (χ3n) is 3.15. The topological polar surface area (TPSA) is 67.9 Å². The average Bonchev–Trinajstić information content (AvgIpc) is 2.46. The van der Waals surface area contributed by atoms with Gasteiger partial charge in [0, 0.05) is 35.9 Å². The number of nitrogens with two attached hydrogens (primary N) is 1. The highest BCUT2D eigenvalue weighted by Gasteiger charge is 2.11. The minimum atomic E-state index is -0.804. The van der Waals surface area contributed by atoms with Crippen LogP contribution >= 0.6 is 0 Å².